The van der Waals surface area contributed by atoms with Crippen LogP contribution in [0.1, 0.15) is 18.4 Å². The number of pyridine rings is 1. The van der Waals surface area contributed by atoms with Crippen LogP contribution in [0.15, 0.2) is 60.0 Å². The fourth-order valence-corrected chi connectivity index (χ4v) is 3.55. The molecule has 0 atom stereocenters. The largest absolute Gasteiger partial charge is 0.417 e. The second-order valence-corrected chi connectivity index (χ2v) is 6.92. The van der Waals surface area contributed by atoms with Gasteiger partial charge in [-0.05, 0) is 48.1 Å². The van der Waals surface area contributed by atoms with Crippen molar-refractivity contribution in [1.29, 1.82) is 0 Å². The fraction of sp³-hybridized carbons (Fsp3) is 0.333. The van der Waals surface area contributed by atoms with Crippen molar-refractivity contribution in [2.45, 2.75) is 25.6 Å². The van der Waals surface area contributed by atoms with Crippen LogP contribution >= 0.6 is 0 Å². The Morgan fingerprint density at radius 3 is 2.46 bits per heavy atom. The van der Waals surface area contributed by atoms with E-state index < -0.39 is 11.7 Å². The van der Waals surface area contributed by atoms with Crippen LogP contribution in [0.25, 0.3) is 11.1 Å². The van der Waals surface area contributed by atoms with Crippen LogP contribution in [-0.4, -0.2) is 28.5 Å². The van der Waals surface area contributed by atoms with Gasteiger partial charge in [-0.15, -0.1) is 0 Å². The van der Waals surface area contributed by atoms with Crippen molar-refractivity contribution in [2.24, 2.45) is 5.92 Å². The van der Waals surface area contributed by atoms with Crippen molar-refractivity contribution in [3.05, 3.63) is 71.2 Å². The summed E-state index contributed by atoms with van der Waals surface area (Å²) >= 11 is 0. The van der Waals surface area contributed by atoms with Crippen molar-refractivity contribution in [1.82, 2.24) is 9.47 Å². The fourth-order valence-electron chi connectivity index (χ4n) is 3.55. The van der Waals surface area contributed by atoms with Crippen molar-refractivity contribution < 1.29 is 18.0 Å². The lowest BCUT2D eigenvalue weighted by Gasteiger charge is -2.31. The molecule has 0 saturated carbocycles. The Hall–Kier alpha value is -2.83. The third-order valence-corrected chi connectivity index (χ3v) is 5.10. The lowest BCUT2D eigenvalue weighted by Crippen LogP contribution is -2.39. The van der Waals surface area contributed by atoms with E-state index in [4.69, 9.17) is 0 Å². The van der Waals surface area contributed by atoms with Gasteiger partial charge in [0.2, 0.25) is 5.91 Å². The van der Waals surface area contributed by atoms with Crippen molar-refractivity contribution in [2.75, 3.05) is 13.1 Å². The Balaban J connectivity index is 1.75. The number of piperidine rings is 1. The smallest absolute Gasteiger partial charge is 0.339 e. The van der Waals surface area contributed by atoms with E-state index >= 15 is 0 Å². The van der Waals surface area contributed by atoms with Gasteiger partial charge in [-0.3, -0.25) is 9.59 Å². The molecule has 0 unspecified atom stereocenters. The van der Waals surface area contributed by atoms with Crippen LogP contribution in [-0.2, 0) is 17.5 Å². The van der Waals surface area contributed by atoms with Gasteiger partial charge in [-0.2, -0.15) is 13.2 Å². The van der Waals surface area contributed by atoms with E-state index in [0.29, 0.717) is 19.6 Å². The zero-order valence-electron chi connectivity index (χ0n) is 15.3. The van der Waals surface area contributed by atoms with Crippen LogP contribution < -0.4 is 5.56 Å². The van der Waals surface area contributed by atoms with Crippen LogP contribution in [0.2, 0.25) is 0 Å². The molecule has 2 aromatic rings. The summed E-state index contributed by atoms with van der Waals surface area (Å²) < 4.78 is 41.2. The van der Waals surface area contributed by atoms with Crippen molar-refractivity contribution in [3.8, 4) is 11.1 Å². The molecule has 0 spiro atoms. The summed E-state index contributed by atoms with van der Waals surface area (Å²) in [4.78, 5) is 25.8. The molecular formula is C21H21F3N2O2. The molecule has 148 valence electrons. The number of rotatable bonds is 4. The summed E-state index contributed by atoms with van der Waals surface area (Å²) in [6.45, 7) is 5.19. The number of amides is 1. The van der Waals surface area contributed by atoms with Gasteiger partial charge in [-0.25, -0.2) is 0 Å². The minimum atomic E-state index is -4.48. The number of carbonyl (C=O) groups excluding carboxylic acids is 1. The van der Waals surface area contributed by atoms with Gasteiger partial charge in [0, 0.05) is 31.9 Å². The Kier molecular flexibility index (Phi) is 5.72. The molecule has 1 fully saturated rings. The van der Waals surface area contributed by atoms with Crippen molar-refractivity contribution in [3.63, 3.8) is 0 Å². The quantitative estimate of drug-likeness (QED) is 0.742. The predicted octanol–water partition coefficient (Wildman–Crippen LogP) is 3.96. The molecular weight excluding hydrogens is 369 g/mol. The number of alkyl halides is 3. The predicted molar refractivity (Wildman–Crippen MR) is 101 cm³/mol. The van der Waals surface area contributed by atoms with E-state index in [2.05, 4.69) is 6.58 Å². The van der Waals surface area contributed by atoms with Gasteiger partial charge < -0.3 is 9.47 Å². The van der Waals surface area contributed by atoms with Gasteiger partial charge in [-0.1, -0.05) is 24.8 Å². The van der Waals surface area contributed by atoms with Crippen molar-refractivity contribution >= 4 is 5.91 Å². The van der Waals surface area contributed by atoms with E-state index in [-0.39, 0.29) is 28.5 Å². The summed E-state index contributed by atoms with van der Waals surface area (Å²) in [5.41, 5.74) is -0.846. The van der Waals surface area contributed by atoms with Gasteiger partial charge in [0.1, 0.15) is 0 Å². The van der Waals surface area contributed by atoms with Crippen LogP contribution in [0, 0.1) is 5.92 Å². The lowest BCUT2D eigenvalue weighted by atomic mass is 9.96. The summed E-state index contributed by atoms with van der Waals surface area (Å²) in [6, 6.07) is 8.03. The van der Waals surface area contributed by atoms with E-state index in [1.165, 1.54) is 34.9 Å². The van der Waals surface area contributed by atoms with E-state index in [0.717, 1.165) is 18.9 Å². The molecule has 1 aromatic heterocycles. The number of benzene rings is 1. The van der Waals surface area contributed by atoms with Gasteiger partial charge in [0.15, 0.2) is 0 Å². The SMILES string of the molecule is C=CC(=O)N1CCC(Cn2ccc(-c3ccccc3C(F)(F)F)cc2=O)CC1. The summed E-state index contributed by atoms with van der Waals surface area (Å²) in [6.07, 6.45) is -0.105. The van der Waals surface area contributed by atoms with Crippen LogP contribution in [0.4, 0.5) is 13.2 Å². The van der Waals surface area contributed by atoms with Crippen LogP contribution in [0.5, 0.6) is 0 Å². The van der Waals surface area contributed by atoms with E-state index in [1.807, 2.05) is 0 Å². The van der Waals surface area contributed by atoms with Gasteiger partial charge >= 0.3 is 6.18 Å². The molecule has 4 nitrogen and oxygen atoms in total. The number of likely N-dealkylation sites (tertiary alicyclic amines) is 1. The first-order valence-electron chi connectivity index (χ1n) is 9.08. The zero-order chi connectivity index (χ0) is 20.3. The molecule has 1 saturated heterocycles. The molecule has 3 rings (SSSR count). The topological polar surface area (TPSA) is 42.3 Å². The molecule has 0 aliphatic carbocycles. The molecule has 0 N–H and O–H groups in total. The molecule has 28 heavy (non-hydrogen) atoms. The maximum absolute atomic E-state index is 13.2. The molecule has 7 heteroatoms. The molecule has 1 aliphatic rings. The van der Waals surface area contributed by atoms with E-state index in [9.17, 15) is 22.8 Å². The Labute approximate surface area is 160 Å². The van der Waals surface area contributed by atoms with Gasteiger partial charge in [0.25, 0.3) is 5.56 Å². The highest BCUT2D eigenvalue weighted by molar-refractivity contribution is 5.87. The minimum Gasteiger partial charge on any atom is -0.339 e. The molecule has 1 aliphatic heterocycles. The number of carbonyl (C=O) groups is 1. The first-order chi connectivity index (χ1) is 13.3. The Morgan fingerprint density at radius 1 is 1.18 bits per heavy atom. The maximum atomic E-state index is 13.2. The zero-order valence-corrected chi connectivity index (χ0v) is 15.3. The lowest BCUT2D eigenvalue weighted by molar-refractivity contribution is -0.137. The standard InChI is InChI=1S/C21H21F3N2O2/c1-2-19(27)25-10-7-15(8-11-25)14-26-12-9-16(13-20(26)28)17-5-3-4-6-18(17)21(22,23)24/h2-6,9,12-13,15H,1,7-8,10-11,14H2. The minimum absolute atomic E-state index is 0.00417. The maximum Gasteiger partial charge on any atom is 0.417 e. The molecule has 1 aromatic carbocycles. The summed E-state index contributed by atoms with van der Waals surface area (Å²) in [5, 5.41) is 0. The highest BCUT2D eigenvalue weighted by Crippen LogP contribution is 2.36. The van der Waals surface area contributed by atoms with E-state index in [1.54, 1.807) is 17.2 Å². The Bertz CT molecular complexity index is 926. The number of nitrogens with zero attached hydrogens (tertiary/aromatic N) is 2. The normalized spacial score (nSPS) is 15.5. The average molecular weight is 390 g/mol. The first kappa shape index (κ1) is 19.9. The van der Waals surface area contributed by atoms with Crippen LogP contribution in [0.3, 0.4) is 0 Å². The number of hydrogen-bond donors (Lipinski definition) is 0. The number of hydrogen-bond acceptors (Lipinski definition) is 2. The Morgan fingerprint density at radius 2 is 1.86 bits per heavy atom. The molecule has 1 amide bonds. The highest BCUT2D eigenvalue weighted by atomic mass is 19.4. The summed E-state index contributed by atoms with van der Waals surface area (Å²) in [7, 11) is 0. The number of aromatic nitrogens is 1. The molecule has 0 radical (unpaired) electrons. The van der Waals surface area contributed by atoms with Gasteiger partial charge in [0.05, 0.1) is 5.56 Å². The molecule has 0 bridgehead atoms. The first-order valence-corrected chi connectivity index (χ1v) is 9.08. The number of halogens is 3. The highest BCUT2D eigenvalue weighted by Gasteiger charge is 2.33. The third kappa shape index (κ3) is 4.35. The average Bonchev–Trinajstić information content (AvgIpc) is 2.69. The second-order valence-electron chi connectivity index (χ2n) is 6.92. The third-order valence-electron chi connectivity index (χ3n) is 5.10. The second kappa shape index (κ2) is 8.04. The monoisotopic (exact) mass is 390 g/mol. The summed E-state index contributed by atoms with van der Waals surface area (Å²) in [5.74, 6) is 0.142. The molecule has 2 heterocycles.